The highest BCUT2D eigenvalue weighted by atomic mass is 79.9. The highest BCUT2D eigenvalue weighted by Crippen LogP contribution is 2.26. The third kappa shape index (κ3) is 1.72. The summed E-state index contributed by atoms with van der Waals surface area (Å²) in [5.74, 6) is 0.645. The predicted octanol–water partition coefficient (Wildman–Crippen LogP) is 3.45. The number of halogens is 1. The molecule has 0 aliphatic heterocycles. The number of aryl methyl sites for hydroxylation is 2. The van der Waals surface area contributed by atoms with Crippen LogP contribution in [0.25, 0.3) is 10.9 Å². The molecule has 0 unspecified atom stereocenters. The molecule has 0 fully saturated rings. The number of pyridine rings is 1. The molecule has 2 aromatic rings. The van der Waals surface area contributed by atoms with Crippen molar-refractivity contribution in [3.8, 4) is 0 Å². The van der Waals surface area contributed by atoms with Crippen LogP contribution in [0.2, 0.25) is 0 Å². The van der Waals surface area contributed by atoms with E-state index in [0.717, 1.165) is 32.9 Å². The van der Waals surface area contributed by atoms with Gasteiger partial charge in [0.05, 0.1) is 5.52 Å². The highest BCUT2D eigenvalue weighted by molar-refractivity contribution is 9.10. The van der Waals surface area contributed by atoms with Crippen molar-refractivity contribution in [1.29, 1.82) is 0 Å². The molecule has 0 radical (unpaired) electrons. The summed E-state index contributed by atoms with van der Waals surface area (Å²) in [6.07, 6.45) is 0.921. The maximum absolute atomic E-state index is 5.89. The van der Waals surface area contributed by atoms with Crippen molar-refractivity contribution < 1.29 is 0 Å². The lowest BCUT2D eigenvalue weighted by atomic mass is 10.1. The molecule has 78 valence electrons. The van der Waals surface area contributed by atoms with E-state index >= 15 is 0 Å². The second-order valence-electron chi connectivity index (χ2n) is 3.63. The molecule has 0 saturated heterocycles. The maximum Gasteiger partial charge on any atom is 0.127 e. The van der Waals surface area contributed by atoms with Gasteiger partial charge < -0.3 is 5.73 Å². The lowest BCUT2D eigenvalue weighted by Gasteiger charge is -2.08. The minimum absolute atomic E-state index is 0.645. The molecule has 1 aromatic heterocycles. The average molecular weight is 265 g/mol. The van der Waals surface area contributed by atoms with E-state index in [-0.39, 0.29) is 0 Å². The number of hydrogen-bond acceptors (Lipinski definition) is 2. The summed E-state index contributed by atoms with van der Waals surface area (Å²) in [4.78, 5) is 4.45. The predicted molar refractivity (Wildman–Crippen MR) is 68.0 cm³/mol. The third-order valence-corrected chi connectivity index (χ3v) is 3.53. The van der Waals surface area contributed by atoms with Crippen molar-refractivity contribution in [3.05, 3.63) is 33.8 Å². The molecule has 0 saturated carbocycles. The Bertz CT molecular complexity index is 521. The van der Waals surface area contributed by atoms with Crippen molar-refractivity contribution in [1.82, 2.24) is 4.98 Å². The molecule has 0 spiro atoms. The van der Waals surface area contributed by atoms with E-state index < -0.39 is 0 Å². The Morgan fingerprint density at radius 3 is 2.80 bits per heavy atom. The van der Waals surface area contributed by atoms with Crippen LogP contribution in [-0.4, -0.2) is 4.98 Å². The maximum atomic E-state index is 5.89. The first kappa shape index (κ1) is 10.4. The van der Waals surface area contributed by atoms with Gasteiger partial charge in [0, 0.05) is 9.86 Å². The van der Waals surface area contributed by atoms with Gasteiger partial charge in [-0.1, -0.05) is 28.9 Å². The van der Waals surface area contributed by atoms with Crippen LogP contribution in [0.1, 0.15) is 18.1 Å². The summed E-state index contributed by atoms with van der Waals surface area (Å²) in [6.45, 7) is 4.13. The zero-order chi connectivity index (χ0) is 11.0. The SMILES string of the molecule is CCc1cc2ccc(Br)c(C)c2nc1N. The van der Waals surface area contributed by atoms with Crippen LogP contribution in [-0.2, 0) is 6.42 Å². The second-order valence-corrected chi connectivity index (χ2v) is 4.48. The quantitative estimate of drug-likeness (QED) is 0.857. The summed E-state index contributed by atoms with van der Waals surface area (Å²) in [6, 6.07) is 6.24. The van der Waals surface area contributed by atoms with E-state index in [1.165, 1.54) is 0 Å². The normalized spacial score (nSPS) is 10.9. The number of nitrogen functional groups attached to an aromatic ring is 1. The average Bonchev–Trinajstić information content (AvgIpc) is 2.24. The summed E-state index contributed by atoms with van der Waals surface area (Å²) in [7, 11) is 0. The Morgan fingerprint density at radius 1 is 1.40 bits per heavy atom. The monoisotopic (exact) mass is 264 g/mol. The van der Waals surface area contributed by atoms with Crippen molar-refractivity contribution in [2.45, 2.75) is 20.3 Å². The molecule has 0 aliphatic rings. The van der Waals surface area contributed by atoms with E-state index in [2.05, 4.69) is 46.0 Å². The Morgan fingerprint density at radius 2 is 2.13 bits per heavy atom. The zero-order valence-electron chi connectivity index (χ0n) is 8.84. The summed E-state index contributed by atoms with van der Waals surface area (Å²) in [5.41, 5.74) is 9.13. The molecule has 15 heavy (non-hydrogen) atoms. The van der Waals surface area contributed by atoms with E-state index in [1.54, 1.807) is 0 Å². The molecule has 0 atom stereocenters. The molecular formula is C12H13BrN2. The summed E-state index contributed by atoms with van der Waals surface area (Å²) >= 11 is 3.50. The van der Waals surface area contributed by atoms with Gasteiger partial charge in [-0.2, -0.15) is 0 Å². The Hall–Kier alpha value is -1.09. The van der Waals surface area contributed by atoms with Crippen molar-refractivity contribution in [2.24, 2.45) is 0 Å². The fourth-order valence-corrected chi connectivity index (χ4v) is 2.02. The molecule has 0 aliphatic carbocycles. The minimum Gasteiger partial charge on any atom is -0.383 e. The molecule has 2 N–H and O–H groups in total. The molecule has 3 heteroatoms. The molecule has 2 rings (SSSR count). The van der Waals surface area contributed by atoms with Gasteiger partial charge in [0.1, 0.15) is 5.82 Å². The number of hydrogen-bond donors (Lipinski definition) is 1. The number of aromatic nitrogens is 1. The van der Waals surface area contributed by atoms with Crippen LogP contribution in [0.3, 0.4) is 0 Å². The van der Waals surface area contributed by atoms with Crippen LogP contribution in [0.15, 0.2) is 22.7 Å². The Balaban J connectivity index is 2.81. The number of nitrogens with two attached hydrogens (primary N) is 1. The number of fused-ring (bicyclic) bond motifs is 1. The summed E-state index contributed by atoms with van der Waals surface area (Å²) in [5, 5.41) is 1.15. The van der Waals surface area contributed by atoms with Gasteiger partial charge in [0.15, 0.2) is 0 Å². The Labute approximate surface area is 97.6 Å². The van der Waals surface area contributed by atoms with Gasteiger partial charge in [0.25, 0.3) is 0 Å². The van der Waals surface area contributed by atoms with Crippen molar-refractivity contribution >= 4 is 32.7 Å². The molecular weight excluding hydrogens is 252 g/mol. The molecule has 2 nitrogen and oxygen atoms in total. The number of rotatable bonds is 1. The number of nitrogens with zero attached hydrogens (tertiary/aromatic N) is 1. The minimum atomic E-state index is 0.645. The highest BCUT2D eigenvalue weighted by Gasteiger charge is 2.06. The third-order valence-electron chi connectivity index (χ3n) is 2.67. The van der Waals surface area contributed by atoms with E-state index in [0.29, 0.717) is 5.82 Å². The number of benzene rings is 1. The van der Waals surface area contributed by atoms with Crippen molar-refractivity contribution in [2.75, 3.05) is 5.73 Å². The first-order valence-electron chi connectivity index (χ1n) is 4.97. The lowest BCUT2D eigenvalue weighted by molar-refractivity contribution is 1.13. The topological polar surface area (TPSA) is 38.9 Å². The van der Waals surface area contributed by atoms with Gasteiger partial charge in [-0.15, -0.1) is 0 Å². The van der Waals surface area contributed by atoms with Gasteiger partial charge in [-0.25, -0.2) is 4.98 Å². The van der Waals surface area contributed by atoms with Gasteiger partial charge in [-0.05, 0) is 36.6 Å². The smallest absolute Gasteiger partial charge is 0.127 e. The van der Waals surface area contributed by atoms with E-state index in [9.17, 15) is 0 Å². The van der Waals surface area contributed by atoms with Crippen LogP contribution >= 0.6 is 15.9 Å². The largest absolute Gasteiger partial charge is 0.383 e. The van der Waals surface area contributed by atoms with Gasteiger partial charge >= 0.3 is 0 Å². The molecule has 1 heterocycles. The van der Waals surface area contributed by atoms with E-state index in [4.69, 9.17) is 5.73 Å². The lowest BCUT2D eigenvalue weighted by Crippen LogP contribution is -1.98. The van der Waals surface area contributed by atoms with Crippen LogP contribution < -0.4 is 5.73 Å². The van der Waals surface area contributed by atoms with Crippen molar-refractivity contribution in [3.63, 3.8) is 0 Å². The van der Waals surface area contributed by atoms with Crippen LogP contribution in [0.5, 0.6) is 0 Å². The molecule has 0 amide bonds. The first-order valence-corrected chi connectivity index (χ1v) is 5.77. The molecule has 0 bridgehead atoms. The fraction of sp³-hybridized carbons (Fsp3) is 0.250. The number of anilines is 1. The van der Waals surface area contributed by atoms with Crippen LogP contribution in [0, 0.1) is 6.92 Å². The Kier molecular flexibility index (Phi) is 2.65. The van der Waals surface area contributed by atoms with Gasteiger partial charge in [0.2, 0.25) is 0 Å². The first-order chi connectivity index (χ1) is 7.13. The fourth-order valence-electron chi connectivity index (χ4n) is 1.70. The zero-order valence-corrected chi connectivity index (χ0v) is 10.4. The summed E-state index contributed by atoms with van der Waals surface area (Å²) < 4.78 is 1.08. The van der Waals surface area contributed by atoms with Crippen LogP contribution in [0.4, 0.5) is 5.82 Å². The molecule has 1 aromatic carbocycles. The van der Waals surface area contributed by atoms with E-state index in [1.807, 2.05) is 6.92 Å². The standard InChI is InChI=1S/C12H13BrN2/c1-3-8-6-9-4-5-10(13)7(2)11(9)15-12(8)14/h4-6H,3H2,1-2H3,(H2,14,15). The van der Waals surface area contributed by atoms with Gasteiger partial charge in [-0.3, -0.25) is 0 Å². The second kappa shape index (κ2) is 3.81.